The SMILES string of the molecule is Cc1ccc(OCC(=O)N(Cc2ccco2)Cc2ccc(C)s2)c(C)c1. The molecule has 4 nitrogen and oxygen atoms in total. The Kier molecular flexibility index (Phi) is 5.78. The number of amides is 1. The van der Waals surface area contributed by atoms with Crippen molar-refractivity contribution in [3.8, 4) is 5.75 Å². The van der Waals surface area contributed by atoms with E-state index < -0.39 is 0 Å². The van der Waals surface area contributed by atoms with Gasteiger partial charge in [-0.15, -0.1) is 11.3 Å². The summed E-state index contributed by atoms with van der Waals surface area (Å²) < 4.78 is 11.2. The number of rotatable bonds is 7. The fourth-order valence-corrected chi connectivity index (χ4v) is 3.68. The van der Waals surface area contributed by atoms with Crippen molar-refractivity contribution in [2.75, 3.05) is 6.61 Å². The van der Waals surface area contributed by atoms with E-state index in [9.17, 15) is 4.79 Å². The van der Waals surface area contributed by atoms with E-state index in [1.165, 1.54) is 10.4 Å². The Morgan fingerprint density at radius 3 is 2.62 bits per heavy atom. The Bertz CT molecular complexity index is 867. The first kappa shape index (κ1) is 18.3. The molecule has 0 unspecified atom stereocenters. The second-order valence-corrected chi connectivity index (χ2v) is 7.77. The molecular formula is C21H23NO3S. The first-order valence-electron chi connectivity index (χ1n) is 8.57. The largest absolute Gasteiger partial charge is 0.483 e. The number of aryl methyl sites for hydroxylation is 3. The average Bonchev–Trinajstić information content (AvgIpc) is 3.25. The predicted molar refractivity (Wildman–Crippen MR) is 103 cm³/mol. The second kappa shape index (κ2) is 8.23. The average molecular weight is 369 g/mol. The van der Waals surface area contributed by atoms with Crippen molar-refractivity contribution in [1.82, 2.24) is 4.90 Å². The molecule has 1 amide bonds. The Balaban J connectivity index is 1.69. The molecule has 0 saturated heterocycles. The van der Waals surface area contributed by atoms with E-state index in [1.807, 2.05) is 38.1 Å². The highest BCUT2D eigenvalue weighted by Gasteiger charge is 2.18. The molecular weight excluding hydrogens is 346 g/mol. The van der Waals surface area contributed by atoms with Gasteiger partial charge < -0.3 is 14.1 Å². The minimum absolute atomic E-state index is 0.00890. The number of nitrogens with zero attached hydrogens (tertiary/aromatic N) is 1. The van der Waals surface area contributed by atoms with Crippen LogP contribution < -0.4 is 4.74 Å². The van der Waals surface area contributed by atoms with Gasteiger partial charge in [0.1, 0.15) is 11.5 Å². The zero-order chi connectivity index (χ0) is 18.5. The number of thiophene rings is 1. The van der Waals surface area contributed by atoms with Crippen molar-refractivity contribution >= 4 is 17.2 Å². The van der Waals surface area contributed by atoms with Crippen LogP contribution in [0.3, 0.4) is 0 Å². The van der Waals surface area contributed by atoms with E-state index in [1.54, 1.807) is 22.5 Å². The van der Waals surface area contributed by atoms with Gasteiger partial charge in [-0.1, -0.05) is 17.7 Å². The molecule has 0 saturated carbocycles. The minimum atomic E-state index is -0.0626. The van der Waals surface area contributed by atoms with E-state index in [0.29, 0.717) is 13.1 Å². The molecule has 136 valence electrons. The van der Waals surface area contributed by atoms with Gasteiger partial charge >= 0.3 is 0 Å². The monoisotopic (exact) mass is 369 g/mol. The number of benzene rings is 1. The van der Waals surface area contributed by atoms with Gasteiger partial charge in [-0.2, -0.15) is 0 Å². The van der Waals surface area contributed by atoms with Gasteiger partial charge in [0.25, 0.3) is 5.91 Å². The molecule has 0 aliphatic rings. The molecule has 0 fully saturated rings. The summed E-state index contributed by atoms with van der Waals surface area (Å²) in [6.45, 7) is 7.08. The molecule has 0 radical (unpaired) electrons. The number of furan rings is 1. The Hall–Kier alpha value is -2.53. The van der Waals surface area contributed by atoms with Gasteiger partial charge in [-0.05, 0) is 56.7 Å². The minimum Gasteiger partial charge on any atom is -0.483 e. The van der Waals surface area contributed by atoms with Gasteiger partial charge in [0.05, 0.1) is 19.4 Å². The highest BCUT2D eigenvalue weighted by molar-refractivity contribution is 7.11. The van der Waals surface area contributed by atoms with Gasteiger partial charge in [-0.3, -0.25) is 4.79 Å². The summed E-state index contributed by atoms with van der Waals surface area (Å²) in [5.41, 5.74) is 2.21. The lowest BCUT2D eigenvalue weighted by Crippen LogP contribution is -2.33. The maximum absolute atomic E-state index is 12.8. The highest BCUT2D eigenvalue weighted by Crippen LogP contribution is 2.21. The fourth-order valence-electron chi connectivity index (χ4n) is 2.77. The Labute approximate surface area is 158 Å². The van der Waals surface area contributed by atoms with E-state index in [-0.39, 0.29) is 12.5 Å². The van der Waals surface area contributed by atoms with Crippen LogP contribution >= 0.6 is 11.3 Å². The third kappa shape index (κ3) is 4.76. The predicted octanol–water partition coefficient (Wildman–Crippen LogP) is 4.87. The lowest BCUT2D eigenvalue weighted by atomic mass is 10.1. The normalized spacial score (nSPS) is 10.7. The van der Waals surface area contributed by atoms with Crippen LogP contribution in [0.15, 0.2) is 53.1 Å². The topological polar surface area (TPSA) is 42.7 Å². The fraction of sp³-hybridized carbons (Fsp3) is 0.286. The molecule has 0 atom stereocenters. The van der Waals surface area contributed by atoms with Crippen molar-refractivity contribution < 1.29 is 13.9 Å². The molecule has 0 bridgehead atoms. The zero-order valence-corrected chi connectivity index (χ0v) is 16.1. The van der Waals surface area contributed by atoms with Crippen molar-refractivity contribution in [3.05, 3.63) is 75.4 Å². The van der Waals surface area contributed by atoms with Crippen LogP contribution in [0, 0.1) is 20.8 Å². The molecule has 3 rings (SSSR count). The molecule has 0 aliphatic carbocycles. The molecule has 5 heteroatoms. The van der Waals surface area contributed by atoms with Crippen molar-refractivity contribution in [3.63, 3.8) is 0 Å². The summed E-state index contributed by atoms with van der Waals surface area (Å²) >= 11 is 1.70. The quantitative estimate of drug-likeness (QED) is 0.596. The summed E-state index contributed by atoms with van der Waals surface area (Å²) in [6.07, 6.45) is 1.62. The van der Waals surface area contributed by atoms with Crippen LogP contribution in [0.1, 0.15) is 26.6 Å². The first-order valence-corrected chi connectivity index (χ1v) is 9.38. The zero-order valence-electron chi connectivity index (χ0n) is 15.3. The summed E-state index contributed by atoms with van der Waals surface area (Å²) in [7, 11) is 0. The number of ether oxygens (including phenoxy) is 1. The Morgan fingerprint density at radius 2 is 1.96 bits per heavy atom. The molecule has 0 aliphatic heterocycles. The maximum Gasteiger partial charge on any atom is 0.261 e. The summed E-state index contributed by atoms with van der Waals surface area (Å²) in [5, 5.41) is 0. The van der Waals surface area contributed by atoms with E-state index >= 15 is 0 Å². The number of carbonyl (C=O) groups excluding carboxylic acids is 1. The molecule has 1 aromatic carbocycles. The number of carbonyl (C=O) groups is 1. The second-order valence-electron chi connectivity index (χ2n) is 6.40. The molecule has 3 aromatic rings. The maximum atomic E-state index is 12.8. The molecule has 0 spiro atoms. The van der Waals surface area contributed by atoms with Crippen LogP contribution in [0.25, 0.3) is 0 Å². The highest BCUT2D eigenvalue weighted by atomic mass is 32.1. The molecule has 0 N–H and O–H groups in total. The van der Waals surface area contributed by atoms with Crippen LogP contribution in [0.5, 0.6) is 5.75 Å². The summed E-state index contributed by atoms with van der Waals surface area (Å²) in [5.74, 6) is 1.44. The molecule has 2 heterocycles. The molecule has 2 aromatic heterocycles. The van der Waals surface area contributed by atoms with Crippen molar-refractivity contribution in [2.45, 2.75) is 33.9 Å². The smallest absolute Gasteiger partial charge is 0.261 e. The third-order valence-electron chi connectivity index (χ3n) is 4.10. The third-order valence-corrected chi connectivity index (χ3v) is 5.09. The number of hydrogen-bond donors (Lipinski definition) is 0. The van der Waals surface area contributed by atoms with E-state index in [2.05, 4.69) is 25.1 Å². The number of hydrogen-bond acceptors (Lipinski definition) is 4. The van der Waals surface area contributed by atoms with Gasteiger partial charge in [0, 0.05) is 9.75 Å². The van der Waals surface area contributed by atoms with E-state index in [4.69, 9.17) is 9.15 Å². The van der Waals surface area contributed by atoms with Gasteiger partial charge in [0.15, 0.2) is 6.61 Å². The lowest BCUT2D eigenvalue weighted by molar-refractivity contribution is -0.134. The lowest BCUT2D eigenvalue weighted by Gasteiger charge is -2.21. The van der Waals surface area contributed by atoms with Crippen LogP contribution in [-0.2, 0) is 17.9 Å². The van der Waals surface area contributed by atoms with Gasteiger partial charge in [-0.25, -0.2) is 0 Å². The van der Waals surface area contributed by atoms with Crippen LogP contribution in [0.2, 0.25) is 0 Å². The van der Waals surface area contributed by atoms with Crippen molar-refractivity contribution in [2.24, 2.45) is 0 Å². The van der Waals surface area contributed by atoms with Crippen LogP contribution in [-0.4, -0.2) is 17.4 Å². The summed E-state index contributed by atoms with van der Waals surface area (Å²) in [4.78, 5) is 16.9. The molecule has 26 heavy (non-hydrogen) atoms. The standard InChI is InChI=1S/C21H23NO3S/c1-15-6-9-20(16(2)11-15)25-14-21(23)22(12-18-5-4-10-24-18)13-19-8-7-17(3)26-19/h4-11H,12-14H2,1-3H3. The van der Waals surface area contributed by atoms with E-state index in [0.717, 1.165) is 22.0 Å². The Morgan fingerprint density at radius 1 is 1.12 bits per heavy atom. The van der Waals surface area contributed by atoms with Gasteiger partial charge in [0.2, 0.25) is 0 Å². The first-order chi connectivity index (χ1) is 12.5. The van der Waals surface area contributed by atoms with Crippen LogP contribution in [0.4, 0.5) is 0 Å². The van der Waals surface area contributed by atoms with Crippen molar-refractivity contribution in [1.29, 1.82) is 0 Å². The summed E-state index contributed by atoms with van der Waals surface area (Å²) in [6, 6.07) is 13.8.